The fraction of sp³-hybridized carbons (Fsp3) is 0.619. The first-order valence-electron chi connectivity index (χ1n) is 9.19. The van der Waals surface area contributed by atoms with Crippen molar-refractivity contribution in [2.75, 3.05) is 13.0 Å². The Labute approximate surface area is 156 Å². The summed E-state index contributed by atoms with van der Waals surface area (Å²) in [6.07, 6.45) is 5.52. The first-order chi connectivity index (χ1) is 11.9. The molecule has 0 radical (unpaired) electrons. The van der Waals surface area contributed by atoms with Crippen LogP contribution in [0.5, 0.6) is 0 Å². The lowest BCUT2D eigenvalue weighted by molar-refractivity contribution is -0.142. The lowest BCUT2D eigenvalue weighted by atomic mass is 9.64. The van der Waals surface area contributed by atoms with E-state index < -0.39 is 0 Å². The van der Waals surface area contributed by atoms with E-state index in [-0.39, 0.29) is 23.1 Å². The minimum Gasteiger partial charge on any atom is -0.469 e. The zero-order valence-electron chi connectivity index (χ0n) is 15.5. The summed E-state index contributed by atoms with van der Waals surface area (Å²) < 4.78 is 4.80. The van der Waals surface area contributed by atoms with Gasteiger partial charge in [0.15, 0.2) is 5.78 Å². The maximum Gasteiger partial charge on any atom is 0.305 e. The van der Waals surface area contributed by atoms with Gasteiger partial charge in [-0.25, -0.2) is 0 Å². The zero-order chi connectivity index (χ0) is 18.4. The molecule has 0 saturated heterocycles. The van der Waals surface area contributed by atoms with Crippen LogP contribution in [-0.4, -0.2) is 24.7 Å². The fourth-order valence-electron chi connectivity index (χ4n) is 3.94. The van der Waals surface area contributed by atoms with Gasteiger partial charge in [-0.2, -0.15) is 0 Å². The molecule has 1 aromatic carbocycles. The number of carbonyl (C=O) groups is 2. The summed E-state index contributed by atoms with van der Waals surface area (Å²) >= 11 is 6.11. The van der Waals surface area contributed by atoms with Crippen molar-refractivity contribution in [1.29, 1.82) is 0 Å². The molecule has 0 spiro atoms. The van der Waals surface area contributed by atoms with Crippen molar-refractivity contribution in [3.8, 4) is 0 Å². The number of ether oxygens (including phenoxy) is 1. The molecule has 0 unspecified atom stereocenters. The molecule has 0 aromatic heterocycles. The molecule has 0 amide bonds. The Morgan fingerprint density at radius 3 is 2.28 bits per heavy atom. The fourth-order valence-corrected chi connectivity index (χ4v) is 4.30. The van der Waals surface area contributed by atoms with E-state index in [1.165, 1.54) is 12.7 Å². The number of Topliss-reactive ketones (excluding diaryl/α,β-unsaturated/α-hetero) is 1. The van der Waals surface area contributed by atoms with Crippen LogP contribution in [0.2, 0.25) is 0 Å². The van der Waals surface area contributed by atoms with E-state index in [2.05, 4.69) is 12.1 Å². The van der Waals surface area contributed by atoms with Gasteiger partial charge in [-0.1, -0.05) is 38.1 Å². The lowest BCUT2D eigenvalue weighted by Gasteiger charge is -2.40. The number of rotatable bonds is 7. The van der Waals surface area contributed by atoms with Crippen molar-refractivity contribution in [1.82, 2.24) is 0 Å². The molecule has 0 heterocycles. The minimum atomic E-state index is -0.119. The van der Waals surface area contributed by atoms with E-state index in [0.29, 0.717) is 18.2 Å². The van der Waals surface area contributed by atoms with Crippen molar-refractivity contribution >= 4 is 23.4 Å². The number of carbonyl (C=O) groups excluding carboxylic acids is 2. The summed E-state index contributed by atoms with van der Waals surface area (Å²) in [6, 6.07) is 8.11. The molecule has 0 atom stereocenters. The number of ketones is 1. The summed E-state index contributed by atoms with van der Waals surface area (Å²) in [5.41, 5.74) is 2.11. The highest BCUT2D eigenvalue weighted by Gasteiger charge is 2.37. The van der Waals surface area contributed by atoms with Gasteiger partial charge in [-0.3, -0.25) is 9.59 Å². The van der Waals surface area contributed by atoms with Crippen LogP contribution >= 0.6 is 11.6 Å². The molecule has 1 aromatic rings. The number of halogens is 1. The number of alkyl halides is 1. The predicted octanol–water partition coefficient (Wildman–Crippen LogP) is 5.15. The van der Waals surface area contributed by atoms with Gasteiger partial charge in [-0.15, -0.1) is 11.6 Å². The monoisotopic (exact) mass is 364 g/mol. The summed E-state index contributed by atoms with van der Waals surface area (Å²) in [5, 5.41) is 0. The van der Waals surface area contributed by atoms with Gasteiger partial charge in [0.2, 0.25) is 0 Å². The highest BCUT2D eigenvalue weighted by molar-refractivity contribution is 6.17. The molecule has 2 rings (SSSR count). The maximum absolute atomic E-state index is 12.1. The van der Waals surface area contributed by atoms with Crippen molar-refractivity contribution < 1.29 is 14.3 Å². The van der Waals surface area contributed by atoms with Gasteiger partial charge in [0.05, 0.1) is 7.11 Å². The molecule has 1 aliphatic carbocycles. The Morgan fingerprint density at radius 1 is 1.20 bits per heavy atom. The van der Waals surface area contributed by atoms with E-state index in [9.17, 15) is 9.59 Å². The predicted molar refractivity (Wildman–Crippen MR) is 101 cm³/mol. The largest absolute Gasteiger partial charge is 0.469 e. The molecule has 0 bridgehead atoms. The Kier molecular flexibility index (Phi) is 7.06. The SMILES string of the molecule is COC(=O)CC1CCC(CCCl)(c2ccc(C(=O)C(C)C)cc2)CC1. The van der Waals surface area contributed by atoms with Crippen LogP contribution < -0.4 is 0 Å². The van der Waals surface area contributed by atoms with Crippen LogP contribution in [0, 0.1) is 11.8 Å². The van der Waals surface area contributed by atoms with E-state index in [1.54, 1.807) is 0 Å². The molecule has 1 aliphatic rings. The third kappa shape index (κ3) is 4.84. The third-order valence-electron chi connectivity index (χ3n) is 5.62. The van der Waals surface area contributed by atoms with E-state index in [4.69, 9.17) is 16.3 Å². The van der Waals surface area contributed by atoms with E-state index in [1.807, 2.05) is 26.0 Å². The minimum absolute atomic E-state index is 0.0106. The van der Waals surface area contributed by atoms with Crippen LogP contribution in [0.1, 0.15) is 68.3 Å². The number of hydrogen-bond donors (Lipinski definition) is 0. The number of benzene rings is 1. The molecule has 25 heavy (non-hydrogen) atoms. The van der Waals surface area contributed by atoms with Crippen molar-refractivity contribution in [2.24, 2.45) is 11.8 Å². The summed E-state index contributed by atoms with van der Waals surface area (Å²) in [4.78, 5) is 23.7. The molecule has 0 N–H and O–H groups in total. The van der Waals surface area contributed by atoms with Gasteiger partial charge in [0.1, 0.15) is 0 Å². The maximum atomic E-state index is 12.1. The molecule has 1 fully saturated rings. The molecule has 3 nitrogen and oxygen atoms in total. The van der Waals surface area contributed by atoms with Gasteiger partial charge in [0, 0.05) is 23.8 Å². The molecule has 138 valence electrons. The summed E-state index contributed by atoms with van der Waals surface area (Å²) in [7, 11) is 1.45. The number of hydrogen-bond acceptors (Lipinski definition) is 3. The molecular formula is C21H29ClO3. The molecule has 0 aliphatic heterocycles. The second-order valence-electron chi connectivity index (χ2n) is 7.54. The standard InChI is InChI=1S/C21H29ClO3/c1-15(2)20(24)17-4-6-18(7-5-17)21(12-13-22)10-8-16(9-11-21)14-19(23)25-3/h4-7,15-16H,8-14H2,1-3H3. The first-order valence-corrected chi connectivity index (χ1v) is 9.73. The van der Waals surface area contributed by atoms with Crippen LogP contribution in [0.25, 0.3) is 0 Å². The van der Waals surface area contributed by atoms with Crippen molar-refractivity contribution in [2.45, 2.75) is 57.8 Å². The van der Waals surface area contributed by atoms with Gasteiger partial charge in [0.25, 0.3) is 0 Å². The number of methoxy groups -OCH3 is 1. The lowest BCUT2D eigenvalue weighted by Crippen LogP contribution is -2.33. The summed E-state index contributed by atoms with van der Waals surface area (Å²) in [6.45, 7) is 3.85. The highest BCUT2D eigenvalue weighted by atomic mass is 35.5. The topological polar surface area (TPSA) is 43.4 Å². The highest BCUT2D eigenvalue weighted by Crippen LogP contribution is 2.45. The van der Waals surface area contributed by atoms with E-state index in [0.717, 1.165) is 37.7 Å². The normalized spacial score (nSPS) is 23.5. The second kappa shape index (κ2) is 8.84. The average molecular weight is 365 g/mol. The van der Waals surface area contributed by atoms with Gasteiger partial charge < -0.3 is 4.74 Å². The van der Waals surface area contributed by atoms with Gasteiger partial charge in [-0.05, 0) is 49.0 Å². The van der Waals surface area contributed by atoms with Crippen molar-refractivity contribution in [3.63, 3.8) is 0 Å². The Morgan fingerprint density at radius 2 is 1.80 bits per heavy atom. The van der Waals surface area contributed by atoms with Crippen LogP contribution in [-0.2, 0) is 14.9 Å². The molecule has 4 heteroatoms. The Bertz CT molecular complexity index is 584. The smallest absolute Gasteiger partial charge is 0.305 e. The molecule has 1 saturated carbocycles. The van der Waals surface area contributed by atoms with Crippen LogP contribution in [0.4, 0.5) is 0 Å². The van der Waals surface area contributed by atoms with Gasteiger partial charge >= 0.3 is 5.97 Å². The Hall–Kier alpha value is -1.35. The Balaban J connectivity index is 2.13. The van der Waals surface area contributed by atoms with Crippen LogP contribution in [0.15, 0.2) is 24.3 Å². The average Bonchev–Trinajstić information content (AvgIpc) is 2.63. The number of esters is 1. The third-order valence-corrected chi connectivity index (χ3v) is 5.81. The van der Waals surface area contributed by atoms with Crippen LogP contribution in [0.3, 0.4) is 0 Å². The van der Waals surface area contributed by atoms with E-state index >= 15 is 0 Å². The quantitative estimate of drug-likeness (QED) is 0.382. The molecular weight excluding hydrogens is 336 g/mol. The summed E-state index contributed by atoms with van der Waals surface area (Å²) in [5.74, 6) is 1.09. The van der Waals surface area contributed by atoms with Crippen molar-refractivity contribution in [3.05, 3.63) is 35.4 Å². The zero-order valence-corrected chi connectivity index (χ0v) is 16.3. The second-order valence-corrected chi connectivity index (χ2v) is 7.92. The first kappa shape index (κ1) is 20.0.